The Bertz CT molecular complexity index is 1220. The molecular formula is C29H30ClNO4. The highest BCUT2D eigenvalue weighted by atomic mass is 35.5. The standard InChI is InChI=1S/C29H30ClNO4/c1-20-9-4-6-12-24(20)28(32)25-15-14-22(17-26(25)30)31-27-13-7-5-10-21(27)11-8-16-33-18-23-19-34-29(2,3)35-23/h4-15,17,23,31H,16,18-19H2,1-3H3/b11-8+. The maximum atomic E-state index is 13.0. The molecule has 35 heavy (non-hydrogen) atoms. The molecule has 6 heteroatoms. The van der Waals surface area contributed by atoms with Gasteiger partial charge in [-0.3, -0.25) is 4.79 Å². The Balaban J connectivity index is 1.38. The molecule has 0 bridgehead atoms. The number of ketones is 1. The van der Waals surface area contributed by atoms with E-state index >= 15 is 0 Å². The highest BCUT2D eigenvalue weighted by Gasteiger charge is 2.32. The molecule has 182 valence electrons. The predicted octanol–water partition coefficient (Wildman–Crippen LogP) is 6.80. The topological polar surface area (TPSA) is 56.8 Å². The van der Waals surface area contributed by atoms with E-state index in [9.17, 15) is 4.79 Å². The van der Waals surface area contributed by atoms with Crippen LogP contribution in [0, 0.1) is 6.92 Å². The van der Waals surface area contributed by atoms with Crippen LogP contribution in [-0.4, -0.2) is 37.5 Å². The summed E-state index contributed by atoms with van der Waals surface area (Å²) in [6.45, 7) is 7.22. The van der Waals surface area contributed by atoms with Gasteiger partial charge in [0.1, 0.15) is 6.10 Å². The molecule has 0 aliphatic carbocycles. The summed E-state index contributed by atoms with van der Waals surface area (Å²) >= 11 is 6.51. The van der Waals surface area contributed by atoms with E-state index in [0.29, 0.717) is 36.0 Å². The Labute approximate surface area is 211 Å². The minimum atomic E-state index is -0.538. The highest BCUT2D eigenvalue weighted by molar-refractivity contribution is 6.35. The van der Waals surface area contributed by atoms with E-state index in [1.165, 1.54) is 0 Å². The zero-order chi connectivity index (χ0) is 24.8. The average molecular weight is 492 g/mol. The van der Waals surface area contributed by atoms with Crippen LogP contribution in [0.25, 0.3) is 6.08 Å². The zero-order valence-corrected chi connectivity index (χ0v) is 21.0. The lowest BCUT2D eigenvalue weighted by Gasteiger charge is -2.16. The maximum absolute atomic E-state index is 13.0. The number of hydrogen-bond acceptors (Lipinski definition) is 5. The summed E-state index contributed by atoms with van der Waals surface area (Å²) in [4.78, 5) is 13.0. The number of anilines is 2. The summed E-state index contributed by atoms with van der Waals surface area (Å²) in [6.07, 6.45) is 3.94. The molecule has 1 saturated heterocycles. The number of benzene rings is 3. The van der Waals surface area contributed by atoms with E-state index in [-0.39, 0.29) is 11.9 Å². The van der Waals surface area contributed by atoms with Gasteiger partial charge in [0.05, 0.1) is 24.8 Å². The minimum absolute atomic E-state index is 0.0437. The van der Waals surface area contributed by atoms with Gasteiger partial charge >= 0.3 is 0 Å². The van der Waals surface area contributed by atoms with Crippen LogP contribution in [0.3, 0.4) is 0 Å². The van der Waals surface area contributed by atoms with E-state index in [4.69, 9.17) is 25.8 Å². The Hall–Kier alpha value is -2.96. The van der Waals surface area contributed by atoms with Crippen LogP contribution < -0.4 is 5.32 Å². The summed E-state index contributed by atoms with van der Waals surface area (Å²) in [5, 5.41) is 3.81. The second-order valence-electron chi connectivity index (χ2n) is 8.94. The first kappa shape index (κ1) is 25.1. The maximum Gasteiger partial charge on any atom is 0.194 e. The third-order valence-corrected chi connectivity index (χ3v) is 6.04. The Morgan fingerprint density at radius 2 is 1.89 bits per heavy atom. The molecule has 3 aromatic rings. The van der Waals surface area contributed by atoms with Gasteiger partial charge in [-0.2, -0.15) is 0 Å². The highest BCUT2D eigenvalue weighted by Crippen LogP contribution is 2.28. The van der Waals surface area contributed by atoms with E-state index in [1.807, 2.05) is 87.5 Å². The van der Waals surface area contributed by atoms with Gasteiger partial charge in [-0.15, -0.1) is 0 Å². The van der Waals surface area contributed by atoms with Crippen molar-refractivity contribution < 1.29 is 19.0 Å². The molecule has 1 atom stereocenters. The lowest BCUT2D eigenvalue weighted by Crippen LogP contribution is -2.24. The predicted molar refractivity (Wildman–Crippen MR) is 141 cm³/mol. The summed E-state index contributed by atoms with van der Waals surface area (Å²) in [5.41, 5.74) is 4.80. The third-order valence-electron chi connectivity index (χ3n) is 5.73. The van der Waals surface area contributed by atoms with E-state index in [2.05, 4.69) is 5.32 Å². The van der Waals surface area contributed by atoms with Gasteiger partial charge < -0.3 is 19.5 Å². The first-order valence-electron chi connectivity index (χ1n) is 11.6. The molecule has 1 N–H and O–H groups in total. The fraction of sp³-hybridized carbons (Fsp3) is 0.276. The lowest BCUT2D eigenvalue weighted by molar-refractivity contribution is -0.144. The molecular weight excluding hydrogens is 462 g/mol. The number of carbonyl (C=O) groups is 1. The molecule has 1 heterocycles. The SMILES string of the molecule is Cc1ccccc1C(=O)c1ccc(Nc2ccccc2/C=C/COCC2COC(C)(C)O2)cc1Cl. The zero-order valence-electron chi connectivity index (χ0n) is 20.2. The third kappa shape index (κ3) is 6.59. The van der Waals surface area contributed by atoms with Gasteiger partial charge in [0.2, 0.25) is 0 Å². The molecule has 1 unspecified atom stereocenters. The molecule has 1 aliphatic rings. The number of hydrogen-bond donors (Lipinski definition) is 1. The van der Waals surface area contributed by atoms with Crippen molar-refractivity contribution in [3.8, 4) is 0 Å². The number of ether oxygens (including phenoxy) is 3. The molecule has 1 fully saturated rings. The fourth-order valence-electron chi connectivity index (χ4n) is 3.95. The summed E-state index contributed by atoms with van der Waals surface area (Å²) in [6, 6.07) is 20.9. The van der Waals surface area contributed by atoms with Crippen LogP contribution in [0.15, 0.2) is 72.8 Å². The lowest BCUT2D eigenvalue weighted by atomic mass is 9.99. The van der Waals surface area contributed by atoms with E-state index < -0.39 is 5.79 Å². The van der Waals surface area contributed by atoms with Crippen molar-refractivity contribution in [1.82, 2.24) is 0 Å². The average Bonchev–Trinajstić information content (AvgIpc) is 3.18. The van der Waals surface area contributed by atoms with Crippen molar-refractivity contribution >= 4 is 34.8 Å². The van der Waals surface area contributed by atoms with Crippen LogP contribution in [0.2, 0.25) is 5.02 Å². The van der Waals surface area contributed by atoms with Crippen molar-refractivity contribution in [2.75, 3.05) is 25.1 Å². The first-order chi connectivity index (χ1) is 16.8. The quantitative estimate of drug-likeness (QED) is 0.263. The van der Waals surface area contributed by atoms with Crippen LogP contribution in [0.4, 0.5) is 11.4 Å². The van der Waals surface area contributed by atoms with Gasteiger partial charge in [0.15, 0.2) is 11.6 Å². The van der Waals surface area contributed by atoms with Crippen molar-refractivity contribution in [3.63, 3.8) is 0 Å². The van der Waals surface area contributed by atoms with Crippen LogP contribution in [0.1, 0.15) is 40.9 Å². The van der Waals surface area contributed by atoms with Crippen molar-refractivity contribution in [1.29, 1.82) is 0 Å². The van der Waals surface area contributed by atoms with Gasteiger partial charge in [-0.1, -0.05) is 66.2 Å². The number of halogens is 1. The molecule has 0 amide bonds. The van der Waals surface area contributed by atoms with Gasteiger partial charge in [0.25, 0.3) is 0 Å². The largest absolute Gasteiger partial charge is 0.375 e. The van der Waals surface area contributed by atoms with E-state index in [1.54, 1.807) is 12.1 Å². The summed E-state index contributed by atoms with van der Waals surface area (Å²) in [7, 11) is 0. The van der Waals surface area contributed by atoms with Crippen LogP contribution >= 0.6 is 11.6 Å². The molecule has 5 nitrogen and oxygen atoms in total. The number of rotatable bonds is 9. The molecule has 0 radical (unpaired) electrons. The summed E-state index contributed by atoms with van der Waals surface area (Å²) < 4.78 is 17.0. The molecule has 0 spiro atoms. The van der Waals surface area contributed by atoms with Crippen molar-refractivity contribution in [3.05, 3.63) is 100 Å². The Morgan fingerprint density at radius 3 is 2.63 bits per heavy atom. The minimum Gasteiger partial charge on any atom is -0.375 e. The van der Waals surface area contributed by atoms with E-state index in [0.717, 1.165) is 22.5 Å². The molecule has 3 aromatic carbocycles. The monoisotopic (exact) mass is 491 g/mol. The molecule has 4 rings (SSSR count). The summed E-state index contributed by atoms with van der Waals surface area (Å²) in [5.74, 6) is -0.621. The number of carbonyl (C=O) groups excluding carboxylic acids is 1. The van der Waals surface area contributed by atoms with Gasteiger partial charge in [0, 0.05) is 22.5 Å². The van der Waals surface area contributed by atoms with Gasteiger partial charge in [-0.05, 0) is 56.2 Å². The smallest absolute Gasteiger partial charge is 0.194 e. The first-order valence-corrected chi connectivity index (χ1v) is 12.0. The number of nitrogens with one attached hydrogen (secondary N) is 1. The number of para-hydroxylation sites is 1. The Kier molecular flexibility index (Phi) is 8.04. The van der Waals surface area contributed by atoms with Gasteiger partial charge in [-0.25, -0.2) is 0 Å². The fourth-order valence-corrected chi connectivity index (χ4v) is 4.22. The van der Waals surface area contributed by atoms with Crippen LogP contribution in [-0.2, 0) is 14.2 Å². The molecule has 0 saturated carbocycles. The normalized spacial score (nSPS) is 17.1. The molecule has 0 aromatic heterocycles. The Morgan fingerprint density at radius 1 is 1.11 bits per heavy atom. The number of aryl methyl sites for hydroxylation is 1. The molecule has 1 aliphatic heterocycles. The second-order valence-corrected chi connectivity index (χ2v) is 9.35. The van der Waals surface area contributed by atoms with Crippen molar-refractivity contribution in [2.24, 2.45) is 0 Å². The second kappa shape index (κ2) is 11.2. The van der Waals surface area contributed by atoms with Crippen LogP contribution in [0.5, 0.6) is 0 Å². The van der Waals surface area contributed by atoms with Crippen molar-refractivity contribution in [2.45, 2.75) is 32.7 Å².